The minimum atomic E-state index is -0.859. The molecule has 6 nitrogen and oxygen atoms in total. The van der Waals surface area contributed by atoms with E-state index < -0.39 is 11.9 Å². The smallest absolute Gasteiger partial charge is 0.243 e. The second-order valence-corrected chi connectivity index (χ2v) is 9.00. The molecule has 0 heterocycles. The number of primary amides is 1. The monoisotopic (exact) mass is 393 g/mol. The first-order valence-electron chi connectivity index (χ1n) is 11.3. The molecular weight excluding hydrogens is 354 g/mol. The molecule has 0 aromatic heterocycles. The molecule has 0 aliphatic heterocycles. The average molecular weight is 394 g/mol. The Morgan fingerprint density at radius 1 is 1.11 bits per heavy atom. The summed E-state index contributed by atoms with van der Waals surface area (Å²) < 4.78 is 0. The van der Waals surface area contributed by atoms with Crippen molar-refractivity contribution < 1.29 is 14.4 Å². The Balaban J connectivity index is 1.67. The quantitative estimate of drug-likeness (QED) is 0.419. The number of hydrogen-bond acceptors (Lipinski definition) is 3. The number of carbonyl (C=O) groups excluding carboxylic acids is 3. The highest BCUT2D eigenvalue weighted by atomic mass is 16.2. The third-order valence-corrected chi connectivity index (χ3v) is 6.64. The molecule has 3 amide bonds. The van der Waals surface area contributed by atoms with Crippen molar-refractivity contribution in [2.45, 2.75) is 103 Å². The molecule has 0 aromatic carbocycles. The van der Waals surface area contributed by atoms with Gasteiger partial charge in [0.05, 0.1) is 6.42 Å². The summed E-state index contributed by atoms with van der Waals surface area (Å²) in [5, 5.41) is 5.60. The van der Waals surface area contributed by atoms with Gasteiger partial charge in [-0.05, 0) is 56.3 Å². The fourth-order valence-electron chi connectivity index (χ4n) is 4.79. The van der Waals surface area contributed by atoms with Gasteiger partial charge >= 0.3 is 0 Å². The summed E-state index contributed by atoms with van der Waals surface area (Å²) in [5.74, 6) is -0.367. The number of amides is 3. The highest BCUT2D eigenvalue weighted by Crippen LogP contribution is 2.55. The molecule has 0 saturated heterocycles. The van der Waals surface area contributed by atoms with Gasteiger partial charge in [0.1, 0.15) is 6.04 Å². The Labute approximate surface area is 169 Å². The summed E-state index contributed by atoms with van der Waals surface area (Å²) >= 11 is 0. The highest BCUT2D eigenvalue weighted by Gasteiger charge is 2.42. The molecule has 0 aromatic rings. The number of unbranched alkanes of at least 4 members (excludes halogenated alkanes) is 4. The van der Waals surface area contributed by atoms with E-state index in [1.807, 2.05) is 0 Å². The van der Waals surface area contributed by atoms with Crippen LogP contribution in [-0.4, -0.2) is 30.3 Å². The van der Waals surface area contributed by atoms with Crippen LogP contribution in [0.4, 0.5) is 0 Å². The summed E-state index contributed by atoms with van der Waals surface area (Å²) in [6.45, 7) is 2.75. The van der Waals surface area contributed by atoms with Crippen LogP contribution in [0.25, 0.3) is 0 Å². The lowest BCUT2D eigenvalue weighted by Crippen LogP contribution is -2.48. The maximum Gasteiger partial charge on any atom is 0.243 e. The van der Waals surface area contributed by atoms with Gasteiger partial charge in [0.15, 0.2) is 0 Å². The van der Waals surface area contributed by atoms with Crippen LogP contribution in [0.5, 0.6) is 0 Å². The molecule has 0 bridgehead atoms. The molecule has 2 rings (SSSR count). The fourth-order valence-corrected chi connectivity index (χ4v) is 4.79. The van der Waals surface area contributed by atoms with E-state index in [0.717, 1.165) is 32.1 Å². The second-order valence-electron chi connectivity index (χ2n) is 9.00. The van der Waals surface area contributed by atoms with Gasteiger partial charge in [-0.1, -0.05) is 39.0 Å². The predicted molar refractivity (Wildman–Crippen MR) is 110 cm³/mol. The largest absolute Gasteiger partial charge is 0.370 e. The SMILES string of the molecule is CCCCCCCC(=O)N[C@H](CC(N)=O)C(=O)NCCC1CCC2(CCC2)C1. The van der Waals surface area contributed by atoms with E-state index in [1.54, 1.807) is 0 Å². The molecule has 2 aliphatic rings. The van der Waals surface area contributed by atoms with Gasteiger partial charge in [0.2, 0.25) is 17.7 Å². The molecule has 28 heavy (non-hydrogen) atoms. The fraction of sp³-hybridized carbons (Fsp3) is 0.864. The Hall–Kier alpha value is -1.59. The zero-order valence-corrected chi connectivity index (χ0v) is 17.6. The number of nitrogens with two attached hydrogens (primary N) is 1. The molecule has 2 aliphatic carbocycles. The van der Waals surface area contributed by atoms with Gasteiger partial charge in [0, 0.05) is 13.0 Å². The van der Waals surface area contributed by atoms with Crippen LogP contribution in [0, 0.1) is 11.3 Å². The van der Waals surface area contributed by atoms with Crippen molar-refractivity contribution >= 4 is 17.7 Å². The Kier molecular flexibility index (Phi) is 9.26. The molecule has 160 valence electrons. The van der Waals surface area contributed by atoms with Crippen molar-refractivity contribution in [3.63, 3.8) is 0 Å². The first-order valence-corrected chi connectivity index (χ1v) is 11.3. The summed E-state index contributed by atoms with van der Waals surface area (Å²) in [6, 6.07) is -0.859. The predicted octanol–water partition coefficient (Wildman–Crippen LogP) is 3.18. The molecule has 6 heteroatoms. The number of hydrogen-bond donors (Lipinski definition) is 3. The van der Waals surface area contributed by atoms with Crippen LogP contribution in [0.15, 0.2) is 0 Å². The van der Waals surface area contributed by atoms with Crippen LogP contribution in [0.1, 0.15) is 96.8 Å². The first kappa shape index (κ1) is 22.7. The number of nitrogens with one attached hydrogen (secondary N) is 2. The number of rotatable bonds is 13. The van der Waals surface area contributed by atoms with Crippen molar-refractivity contribution in [2.24, 2.45) is 17.1 Å². The molecule has 1 spiro atoms. The standard InChI is InChI=1S/C22H39N3O3/c1-2-3-4-5-6-8-20(27)25-18(15-19(23)26)21(28)24-14-10-17-9-13-22(16-17)11-7-12-22/h17-18H,2-16H2,1H3,(H2,23,26)(H,24,28)(H,25,27)/t17?,18-/m1/s1. The summed E-state index contributed by atoms with van der Waals surface area (Å²) in [6.07, 6.45) is 14.5. The summed E-state index contributed by atoms with van der Waals surface area (Å²) in [5.41, 5.74) is 5.89. The summed E-state index contributed by atoms with van der Waals surface area (Å²) in [7, 11) is 0. The molecule has 2 atom stereocenters. The van der Waals surface area contributed by atoms with E-state index in [9.17, 15) is 14.4 Å². The average Bonchev–Trinajstić information content (AvgIpc) is 3.05. The number of carbonyl (C=O) groups is 3. The van der Waals surface area contributed by atoms with Gasteiger partial charge in [-0.3, -0.25) is 14.4 Å². The van der Waals surface area contributed by atoms with Gasteiger partial charge in [0.25, 0.3) is 0 Å². The molecule has 2 fully saturated rings. The van der Waals surface area contributed by atoms with Gasteiger partial charge < -0.3 is 16.4 Å². The van der Waals surface area contributed by atoms with Crippen LogP contribution in [0.3, 0.4) is 0 Å². The molecule has 1 unspecified atom stereocenters. The van der Waals surface area contributed by atoms with Crippen LogP contribution >= 0.6 is 0 Å². The van der Waals surface area contributed by atoms with E-state index in [4.69, 9.17) is 5.73 Å². The van der Waals surface area contributed by atoms with Crippen LogP contribution in [0.2, 0.25) is 0 Å². The lowest BCUT2D eigenvalue weighted by molar-refractivity contribution is -0.131. The second kappa shape index (κ2) is 11.4. The Bertz CT molecular complexity index is 531. The van der Waals surface area contributed by atoms with Crippen LogP contribution in [-0.2, 0) is 14.4 Å². The minimum Gasteiger partial charge on any atom is -0.370 e. The highest BCUT2D eigenvalue weighted by molar-refractivity contribution is 5.91. The van der Waals surface area contributed by atoms with E-state index >= 15 is 0 Å². The first-order chi connectivity index (χ1) is 13.4. The van der Waals surface area contributed by atoms with E-state index in [2.05, 4.69) is 17.6 Å². The van der Waals surface area contributed by atoms with Gasteiger partial charge in [-0.15, -0.1) is 0 Å². The third-order valence-electron chi connectivity index (χ3n) is 6.64. The van der Waals surface area contributed by atoms with E-state index in [-0.39, 0.29) is 18.2 Å². The summed E-state index contributed by atoms with van der Waals surface area (Å²) in [4.78, 5) is 35.9. The maximum atomic E-state index is 12.5. The maximum absolute atomic E-state index is 12.5. The van der Waals surface area contributed by atoms with Crippen molar-refractivity contribution in [1.82, 2.24) is 10.6 Å². The van der Waals surface area contributed by atoms with Crippen molar-refractivity contribution in [3.05, 3.63) is 0 Å². The molecular formula is C22H39N3O3. The van der Waals surface area contributed by atoms with Crippen molar-refractivity contribution in [3.8, 4) is 0 Å². The Morgan fingerprint density at radius 3 is 2.46 bits per heavy atom. The third kappa shape index (κ3) is 7.44. The van der Waals surface area contributed by atoms with E-state index in [1.165, 1.54) is 44.9 Å². The molecule has 0 radical (unpaired) electrons. The van der Waals surface area contributed by atoms with E-state index in [0.29, 0.717) is 24.3 Å². The lowest BCUT2D eigenvalue weighted by Gasteiger charge is -2.38. The molecule has 2 saturated carbocycles. The van der Waals surface area contributed by atoms with Gasteiger partial charge in [-0.2, -0.15) is 0 Å². The zero-order valence-electron chi connectivity index (χ0n) is 17.6. The Morgan fingerprint density at radius 2 is 1.86 bits per heavy atom. The van der Waals surface area contributed by atoms with Gasteiger partial charge in [-0.25, -0.2) is 0 Å². The zero-order chi connectivity index (χ0) is 20.4. The van der Waals surface area contributed by atoms with Crippen LogP contribution < -0.4 is 16.4 Å². The topological polar surface area (TPSA) is 101 Å². The lowest BCUT2D eigenvalue weighted by atomic mass is 9.67. The normalized spacial score (nSPS) is 21.1. The minimum absolute atomic E-state index is 0.153. The molecule has 4 N–H and O–H groups in total. The van der Waals surface area contributed by atoms with Crippen molar-refractivity contribution in [2.75, 3.05) is 6.54 Å². The van der Waals surface area contributed by atoms with Crippen molar-refractivity contribution in [1.29, 1.82) is 0 Å².